The molecule has 2 N–H and O–H groups in total. The maximum absolute atomic E-state index is 6.20. The minimum atomic E-state index is 0.647. The van der Waals surface area contributed by atoms with Gasteiger partial charge in [0.2, 0.25) is 0 Å². The molecule has 0 spiro atoms. The van der Waals surface area contributed by atoms with Crippen molar-refractivity contribution >= 4 is 11.6 Å². The fourth-order valence-corrected chi connectivity index (χ4v) is 2.48. The highest BCUT2D eigenvalue weighted by Gasteiger charge is 2.02. The van der Waals surface area contributed by atoms with Crippen molar-refractivity contribution in [1.82, 2.24) is 0 Å². The molecular weight excluding hydrogens is 270 g/mol. The molecule has 0 bridgehead atoms. The maximum atomic E-state index is 6.20. The topological polar surface area (TPSA) is 35.2 Å². The molecule has 0 aromatic heterocycles. The lowest BCUT2D eigenvalue weighted by molar-refractivity contribution is 0.304. The summed E-state index contributed by atoms with van der Waals surface area (Å²) in [4.78, 5) is 0. The van der Waals surface area contributed by atoms with E-state index >= 15 is 0 Å². The summed E-state index contributed by atoms with van der Waals surface area (Å²) >= 11 is 6.20. The monoisotopic (exact) mass is 297 g/mol. The van der Waals surface area contributed by atoms with Gasteiger partial charge < -0.3 is 10.5 Å². The van der Waals surface area contributed by atoms with Crippen LogP contribution in [0.2, 0.25) is 5.02 Å². The van der Waals surface area contributed by atoms with Gasteiger partial charge >= 0.3 is 0 Å². The van der Waals surface area contributed by atoms with Crippen LogP contribution in [0.25, 0.3) is 0 Å². The second kappa shape index (κ2) is 11.0. The molecule has 2 nitrogen and oxygen atoms in total. The predicted octanol–water partition coefficient (Wildman–Crippen LogP) is 4.97. The molecule has 0 fully saturated rings. The van der Waals surface area contributed by atoms with E-state index in [1.54, 1.807) is 0 Å². The molecule has 1 aromatic rings. The summed E-state index contributed by atoms with van der Waals surface area (Å²) in [7, 11) is 0. The highest BCUT2D eigenvalue weighted by atomic mass is 35.5. The molecule has 20 heavy (non-hydrogen) atoms. The van der Waals surface area contributed by atoms with Crippen LogP contribution in [-0.2, 0) is 6.42 Å². The molecule has 0 amide bonds. The molecule has 0 atom stereocenters. The molecule has 0 saturated carbocycles. The molecule has 0 unspecified atom stereocenters. The number of hydrogen-bond acceptors (Lipinski definition) is 2. The van der Waals surface area contributed by atoms with Gasteiger partial charge in [0.15, 0.2) is 0 Å². The highest BCUT2D eigenvalue weighted by Crippen LogP contribution is 2.25. The summed E-state index contributed by atoms with van der Waals surface area (Å²) in [6.45, 7) is 3.65. The van der Waals surface area contributed by atoms with Crippen molar-refractivity contribution in [2.45, 2.75) is 58.3 Å². The minimum absolute atomic E-state index is 0.647. The smallest absolute Gasteiger partial charge is 0.137 e. The molecular formula is C17H28ClNO. The zero-order valence-electron chi connectivity index (χ0n) is 12.7. The maximum Gasteiger partial charge on any atom is 0.137 e. The number of unbranched alkanes of at least 4 members (excludes halogenated alkanes) is 6. The highest BCUT2D eigenvalue weighted by molar-refractivity contribution is 6.32. The van der Waals surface area contributed by atoms with E-state index in [2.05, 4.69) is 6.92 Å². The van der Waals surface area contributed by atoms with Crippen LogP contribution in [-0.4, -0.2) is 13.2 Å². The third-order valence-electron chi connectivity index (χ3n) is 3.43. The summed E-state index contributed by atoms with van der Waals surface area (Å²) in [5.41, 5.74) is 6.70. The van der Waals surface area contributed by atoms with Crippen LogP contribution >= 0.6 is 11.6 Å². The molecule has 3 heteroatoms. The van der Waals surface area contributed by atoms with E-state index in [9.17, 15) is 0 Å². The van der Waals surface area contributed by atoms with Gasteiger partial charge in [-0.15, -0.1) is 0 Å². The van der Waals surface area contributed by atoms with Gasteiger partial charge in [-0.1, -0.05) is 63.1 Å². The van der Waals surface area contributed by atoms with Crippen molar-refractivity contribution in [3.63, 3.8) is 0 Å². The Morgan fingerprint density at radius 2 is 1.75 bits per heavy atom. The third-order valence-corrected chi connectivity index (χ3v) is 3.73. The van der Waals surface area contributed by atoms with E-state index < -0.39 is 0 Å². The normalized spacial score (nSPS) is 10.8. The van der Waals surface area contributed by atoms with E-state index in [0.29, 0.717) is 11.6 Å². The summed E-state index contributed by atoms with van der Waals surface area (Å²) in [6.07, 6.45) is 9.90. The van der Waals surface area contributed by atoms with Crippen LogP contribution in [0.1, 0.15) is 57.4 Å². The number of ether oxygens (including phenoxy) is 1. The zero-order chi connectivity index (χ0) is 14.6. The van der Waals surface area contributed by atoms with Crippen molar-refractivity contribution in [1.29, 1.82) is 0 Å². The fourth-order valence-electron chi connectivity index (χ4n) is 2.22. The first-order valence-electron chi connectivity index (χ1n) is 7.89. The van der Waals surface area contributed by atoms with Gasteiger partial charge in [-0.25, -0.2) is 0 Å². The largest absolute Gasteiger partial charge is 0.492 e. The fraction of sp³-hybridized carbons (Fsp3) is 0.647. The third kappa shape index (κ3) is 7.16. The quantitative estimate of drug-likeness (QED) is 0.585. The van der Waals surface area contributed by atoms with Crippen LogP contribution < -0.4 is 10.5 Å². The summed E-state index contributed by atoms with van der Waals surface area (Å²) in [5, 5.41) is 0.693. The van der Waals surface area contributed by atoms with E-state index in [4.69, 9.17) is 22.1 Å². The van der Waals surface area contributed by atoms with Crippen LogP contribution in [0.5, 0.6) is 5.75 Å². The molecule has 0 aliphatic rings. The molecule has 0 heterocycles. The lowest BCUT2D eigenvalue weighted by Gasteiger charge is -2.09. The minimum Gasteiger partial charge on any atom is -0.492 e. The van der Waals surface area contributed by atoms with Gasteiger partial charge in [0.05, 0.1) is 11.6 Å². The predicted molar refractivity (Wildman–Crippen MR) is 87.7 cm³/mol. The summed E-state index contributed by atoms with van der Waals surface area (Å²) < 4.78 is 5.73. The molecule has 114 valence electrons. The molecule has 1 aromatic carbocycles. The second-order valence-corrected chi connectivity index (χ2v) is 5.68. The first-order valence-corrected chi connectivity index (χ1v) is 8.27. The summed E-state index contributed by atoms with van der Waals surface area (Å²) in [6, 6.07) is 5.95. The van der Waals surface area contributed by atoms with Crippen LogP contribution in [0, 0.1) is 0 Å². The lowest BCUT2D eigenvalue weighted by Crippen LogP contribution is -2.03. The Bertz CT molecular complexity index is 368. The van der Waals surface area contributed by atoms with E-state index in [0.717, 1.165) is 25.2 Å². The van der Waals surface area contributed by atoms with Gasteiger partial charge in [0.1, 0.15) is 5.75 Å². The van der Waals surface area contributed by atoms with Crippen molar-refractivity contribution in [2.75, 3.05) is 13.2 Å². The Hall–Kier alpha value is -0.730. The molecule has 0 saturated heterocycles. The lowest BCUT2D eigenvalue weighted by atomic mass is 10.1. The van der Waals surface area contributed by atoms with Gasteiger partial charge in [-0.05, 0) is 37.1 Å². The first kappa shape index (κ1) is 17.3. The Balaban J connectivity index is 2.15. The van der Waals surface area contributed by atoms with Crippen LogP contribution in [0.4, 0.5) is 0 Å². The van der Waals surface area contributed by atoms with Gasteiger partial charge in [0, 0.05) is 0 Å². The number of rotatable bonds is 11. The Morgan fingerprint density at radius 3 is 2.40 bits per heavy atom. The van der Waals surface area contributed by atoms with Gasteiger partial charge in [0.25, 0.3) is 0 Å². The summed E-state index contributed by atoms with van der Waals surface area (Å²) in [5.74, 6) is 0.790. The molecule has 1 rings (SSSR count). The van der Waals surface area contributed by atoms with E-state index in [-0.39, 0.29) is 0 Å². The Kier molecular flexibility index (Phi) is 9.52. The second-order valence-electron chi connectivity index (χ2n) is 5.27. The number of benzene rings is 1. The van der Waals surface area contributed by atoms with Crippen LogP contribution in [0.15, 0.2) is 18.2 Å². The average molecular weight is 298 g/mol. The molecule has 0 aliphatic carbocycles. The van der Waals surface area contributed by atoms with Gasteiger partial charge in [-0.3, -0.25) is 0 Å². The standard InChI is InChI=1S/C17H28ClNO/c1-2-3-4-5-6-7-8-13-20-17-10-9-15(11-12-19)14-16(17)18/h9-10,14H,2-8,11-13,19H2,1H3. The average Bonchev–Trinajstić information content (AvgIpc) is 2.44. The van der Waals surface area contributed by atoms with Gasteiger partial charge in [-0.2, -0.15) is 0 Å². The van der Waals surface area contributed by atoms with Crippen molar-refractivity contribution < 1.29 is 4.74 Å². The number of halogens is 1. The SMILES string of the molecule is CCCCCCCCCOc1ccc(CCN)cc1Cl. The van der Waals surface area contributed by atoms with Crippen molar-refractivity contribution in [2.24, 2.45) is 5.73 Å². The number of nitrogens with two attached hydrogens (primary N) is 1. The Labute approximate surface area is 128 Å². The Morgan fingerprint density at radius 1 is 1.05 bits per heavy atom. The van der Waals surface area contributed by atoms with Crippen LogP contribution in [0.3, 0.4) is 0 Å². The van der Waals surface area contributed by atoms with Crippen molar-refractivity contribution in [3.8, 4) is 5.75 Å². The first-order chi connectivity index (χ1) is 9.77. The molecule has 0 aliphatic heterocycles. The van der Waals surface area contributed by atoms with E-state index in [1.165, 1.54) is 44.1 Å². The van der Waals surface area contributed by atoms with Crippen molar-refractivity contribution in [3.05, 3.63) is 28.8 Å². The molecule has 0 radical (unpaired) electrons. The zero-order valence-corrected chi connectivity index (χ0v) is 13.4. The van der Waals surface area contributed by atoms with E-state index in [1.807, 2.05) is 18.2 Å². The number of hydrogen-bond donors (Lipinski definition) is 1.